The fourth-order valence-electron chi connectivity index (χ4n) is 1.46. The van der Waals surface area contributed by atoms with Crippen molar-refractivity contribution in [2.24, 2.45) is 7.05 Å². The Morgan fingerprint density at radius 3 is 2.64 bits per heavy atom. The van der Waals surface area contributed by atoms with E-state index in [1.807, 2.05) is 32.4 Å². The lowest BCUT2D eigenvalue weighted by molar-refractivity contribution is 0.768. The average molecular weight is 187 g/mol. The molecule has 0 fully saturated rings. The van der Waals surface area contributed by atoms with Gasteiger partial charge in [-0.3, -0.25) is 9.67 Å². The normalized spacial score (nSPS) is 10.5. The van der Waals surface area contributed by atoms with Gasteiger partial charge in [-0.05, 0) is 25.5 Å². The van der Waals surface area contributed by atoms with Crippen molar-refractivity contribution in [3.05, 3.63) is 35.8 Å². The van der Waals surface area contributed by atoms with Crippen molar-refractivity contribution in [2.75, 3.05) is 0 Å². The molecular formula is C11H13N3. The minimum Gasteiger partial charge on any atom is -0.275 e. The van der Waals surface area contributed by atoms with E-state index in [0.29, 0.717) is 0 Å². The van der Waals surface area contributed by atoms with Crippen LogP contribution in [0.3, 0.4) is 0 Å². The molecule has 3 nitrogen and oxygen atoms in total. The van der Waals surface area contributed by atoms with Crippen molar-refractivity contribution in [3.63, 3.8) is 0 Å². The van der Waals surface area contributed by atoms with Crippen LogP contribution in [0.5, 0.6) is 0 Å². The van der Waals surface area contributed by atoms with Crippen LogP contribution < -0.4 is 0 Å². The molecule has 2 aromatic heterocycles. The zero-order chi connectivity index (χ0) is 10.1. The van der Waals surface area contributed by atoms with Crippen LogP contribution in [0.2, 0.25) is 0 Å². The van der Waals surface area contributed by atoms with Crippen LogP contribution in [0.25, 0.3) is 11.3 Å². The summed E-state index contributed by atoms with van der Waals surface area (Å²) in [6.07, 6.45) is 3.82. The smallest absolute Gasteiger partial charge is 0.0765 e. The number of rotatable bonds is 1. The van der Waals surface area contributed by atoms with Crippen LogP contribution in [0, 0.1) is 13.8 Å². The van der Waals surface area contributed by atoms with Gasteiger partial charge in [0.05, 0.1) is 11.9 Å². The van der Waals surface area contributed by atoms with Gasteiger partial charge in [0.15, 0.2) is 0 Å². The molecule has 0 saturated carbocycles. The number of aromatic nitrogens is 3. The maximum Gasteiger partial charge on any atom is 0.0765 e. The molecule has 0 saturated heterocycles. The number of hydrogen-bond donors (Lipinski definition) is 0. The highest BCUT2D eigenvalue weighted by molar-refractivity contribution is 5.61. The van der Waals surface area contributed by atoms with Crippen molar-refractivity contribution in [1.29, 1.82) is 0 Å². The van der Waals surface area contributed by atoms with Gasteiger partial charge < -0.3 is 0 Å². The molecule has 0 aliphatic heterocycles. The number of nitrogens with zero attached hydrogens (tertiary/aromatic N) is 3. The van der Waals surface area contributed by atoms with E-state index in [9.17, 15) is 0 Å². The predicted molar refractivity (Wildman–Crippen MR) is 55.9 cm³/mol. The third-order valence-electron chi connectivity index (χ3n) is 2.21. The molecular weight excluding hydrogens is 174 g/mol. The van der Waals surface area contributed by atoms with Crippen molar-refractivity contribution < 1.29 is 0 Å². The van der Waals surface area contributed by atoms with E-state index in [0.717, 1.165) is 17.0 Å². The van der Waals surface area contributed by atoms with Crippen molar-refractivity contribution in [3.8, 4) is 11.3 Å². The summed E-state index contributed by atoms with van der Waals surface area (Å²) in [6.45, 7) is 4.06. The Morgan fingerprint density at radius 2 is 2.00 bits per heavy atom. The van der Waals surface area contributed by atoms with E-state index in [4.69, 9.17) is 0 Å². The number of pyridine rings is 1. The molecule has 0 aliphatic rings. The highest BCUT2D eigenvalue weighted by Gasteiger charge is 2.05. The zero-order valence-electron chi connectivity index (χ0n) is 8.65. The van der Waals surface area contributed by atoms with E-state index >= 15 is 0 Å². The van der Waals surface area contributed by atoms with Gasteiger partial charge in [0.25, 0.3) is 0 Å². The van der Waals surface area contributed by atoms with Crippen LogP contribution in [-0.4, -0.2) is 14.8 Å². The third-order valence-corrected chi connectivity index (χ3v) is 2.21. The summed E-state index contributed by atoms with van der Waals surface area (Å²) in [6, 6.07) is 4.11. The maximum atomic E-state index is 4.50. The minimum absolute atomic E-state index is 1.03. The largest absolute Gasteiger partial charge is 0.275 e. The Kier molecular flexibility index (Phi) is 2.08. The lowest BCUT2D eigenvalue weighted by atomic mass is 10.1. The van der Waals surface area contributed by atoms with E-state index in [2.05, 4.69) is 23.1 Å². The lowest BCUT2D eigenvalue weighted by Crippen LogP contribution is -1.89. The average Bonchev–Trinajstić information content (AvgIpc) is 2.56. The van der Waals surface area contributed by atoms with Gasteiger partial charge in [-0.1, -0.05) is 6.07 Å². The Hall–Kier alpha value is -1.64. The molecule has 2 aromatic rings. The first-order valence-electron chi connectivity index (χ1n) is 4.60. The van der Waals surface area contributed by atoms with Crippen molar-refractivity contribution in [2.45, 2.75) is 13.8 Å². The van der Waals surface area contributed by atoms with Gasteiger partial charge in [0.1, 0.15) is 0 Å². The standard InChI is InChI=1S/C11H13N3/c1-8-4-5-9(2)13-11(8)10-6-12-14(3)7-10/h4-7H,1-3H3. The van der Waals surface area contributed by atoms with Gasteiger partial charge in [0, 0.05) is 24.5 Å². The Morgan fingerprint density at radius 1 is 1.21 bits per heavy atom. The molecule has 0 amide bonds. The second-order valence-corrected chi connectivity index (χ2v) is 3.52. The van der Waals surface area contributed by atoms with Crippen LogP contribution in [0.4, 0.5) is 0 Å². The monoisotopic (exact) mass is 187 g/mol. The first-order chi connectivity index (χ1) is 6.66. The quantitative estimate of drug-likeness (QED) is 0.684. The Bertz CT molecular complexity index is 457. The van der Waals surface area contributed by atoms with Gasteiger partial charge in [-0.2, -0.15) is 5.10 Å². The molecule has 0 atom stereocenters. The summed E-state index contributed by atoms with van der Waals surface area (Å²) < 4.78 is 1.79. The van der Waals surface area contributed by atoms with Crippen LogP contribution in [-0.2, 0) is 7.05 Å². The maximum absolute atomic E-state index is 4.50. The SMILES string of the molecule is Cc1ccc(C)c(-c2cnn(C)c2)n1. The molecule has 72 valence electrons. The molecule has 0 bridgehead atoms. The fraction of sp³-hybridized carbons (Fsp3) is 0.273. The van der Waals surface area contributed by atoms with Crippen molar-refractivity contribution in [1.82, 2.24) is 14.8 Å². The first-order valence-corrected chi connectivity index (χ1v) is 4.60. The van der Waals surface area contributed by atoms with Crippen LogP contribution >= 0.6 is 0 Å². The van der Waals surface area contributed by atoms with E-state index in [1.165, 1.54) is 5.56 Å². The van der Waals surface area contributed by atoms with E-state index < -0.39 is 0 Å². The molecule has 0 radical (unpaired) electrons. The third kappa shape index (κ3) is 1.53. The fourth-order valence-corrected chi connectivity index (χ4v) is 1.46. The summed E-state index contributed by atoms with van der Waals surface area (Å²) in [5.74, 6) is 0. The highest BCUT2D eigenvalue weighted by Crippen LogP contribution is 2.20. The molecule has 3 heteroatoms. The molecule has 0 unspecified atom stereocenters. The summed E-state index contributed by atoms with van der Waals surface area (Å²) in [7, 11) is 1.91. The number of aryl methyl sites for hydroxylation is 3. The summed E-state index contributed by atoms with van der Waals surface area (Å²) >= 11 is 0. The second-order valence-electron chi connectivity index (χ2n) is 3.52. The molecule has 2 rings (SSSR count). The van der Waals surface area contributed by atoms with E-state index in [-0.39, 0.29) is 0 Å². The topological polar surface area (TPSA) is 30.7 Å². The predicted octanol–water partition coefficient (Wildman–Crippen LogP) is 2.10. The second kappa shape index (κ2) is 3.25. The lowest BCUT2D eigenvalue weighted by Gasteiger charge is -2.02. The van der Waals surface area contributed by atoms with Crippen molar-refractivity contribution >= 4 is 0 Å². The molecule has 0 spiro atoms. The molecule has 2 heterocycles. The van der Waals surface area contributed by atoms with Gasteiger partial charge >= 0.3 is 0 Å². The van der Waals surface area contributed by atoms with Crippen LogP contribution in [0.1, 0.15) is 11.3 Å². The molecule has 0 aliphatic carbocycles. The summed E-state index contributed by atoms with van der Waals surface area (Å²) in [4.78, 5) is 4.50. The van der Waals surface area contributed by atoms with Crippen LogP contribution in [0.15, 0.2) is 24.5 Å². The van der Waals surface area contributed by atoms with Gasteiger partial charge in [-0.15, -0.1) is 0 Å². The number of hydrogen-bond acceptors (Lipinski definition) is 2. The van der Waals surface area contributed by atoms with E-state index in [1.54, 1.807) is 4.68 Å². The Labute approximate surface area is 83.4 Å². The first kappa shape index (κ1) is 8.94. The zero-order valence-corrected chi connectivity index (χ0v) is 8.65. The molecule has 0 N–H and O–H groups in total. The summed E-state index contributed by atoms with van der Waals surface area (Å²) in [5, 5.41) is 4.14. The molecule has 0 aromatic carbocycles. The Balaban J connectivity index is 2.55. The highest BCUT2D eigenvalue weighted by atomic mass is 15.2. The minimum atomic E-state index is 1.03. The van der Waals surface area contributed by atoms with Gasteiger partial charge in [0.2, 0.25) is 0 Å². The van der Waals surface area contributed by atoms with Gasteiger partial charge in [-0.25, -0.2) is 0 Å². The molecule has 14 heavy (non-hydrogen) atoms. The summed E-state index contributed by atoms with van der Waals surface area (Å²) in [5.41, 5.74) is 4.32.